The van der Waals surface area contributed by atoms with Gasteiger partial charge in [0.25, 0.3) is 0 Å². The van der Waals surface area contributed by atoms with Crippen molar-refractivity contribution in [1.82, 2.24) is 9.97 Å². The average molecular weight is 397 g/mol. The second-order valence-corrected chi connectivity index (χ2v) is 8.27. The summed E-state index contributed by atoms with van der Waals surface area (Å²) in [6.07, 6.45) is 16.2. The fourth-order valence-electron chi connectivity index (χ4n) is 3.41. The molecule has 0 aliphatic carbocycles. The highest BCUT2D eigenvalue weighted by Crippen LogP contribution is 2.28. The van der Waals surface area contributed by atoms with Crippen LogP contribution in [0.4, 0.5) is 0 Å². The fourth-order valence-corrected chi connectivity index (χ4v) is 3.41. The van der Waals surface area contributed by atoms with Gasteiger partial charge in [0.05, 0.1) is 12.2 Å². The molecule has 0 spiro atoms. The van der Waals surface area contributed by atoms with Crippen molar-refractivity contribution in [3.8, 4) is 17.1 Å². The summed E-state index contributed by atoms with van der Waals surface area (Å²) >= 11 is 0. The maximum absolute atomic E-state index is 6.06. The number of rotatable bonds is 15. The Morgan fingerprint density at radius 2 is 1.55 bits per heavy atom. The van der Waals surface area contributed by atoms with Crippen molar-refractivity contribution in [3.05, 3.63) is 42.2 Å². The second kappa shape index (κ2) is 14.1. The van der Waals surface area contributed by atoms with Gasteiger partial charge < -0.3 is 4.74 Å². The predicted molar refractivity (Wildman–Crippen MR) is 123 cm³/mol. The van der Waals surface area contributed by atoms with Gasteiger partial charge in [-0.3, -0.25) is 0 Å². The third-order valence-corrected chi connectivity index (χ3v) is 5.60. The molecule has 1 unspecified atom stereocenters. The van der Waals surface area contributed by atoms with Gasteiger partial charge in [0.1, 0.15) is 5.75 Å². The average Bonchev–Trinajstić information content (AvgIpc) is 2.76. The van der Waals surface area contributed by atoms with E-state index in [1.807, 2.05) is 24.4 Å². The highest BCUT2D eigenvalue weighted by atomic mass is 16.5. The van der Waals surface area contributed by atoms with Gasteiger partial charge in [0, 0.05) is 11.9 Å². The lowest BCUT2D eigenvalue weighted by molar-refractivity contribution is 0.257. The van der Waals surface area contributed by atoms with Gasteiger partial charge in [-0.25, -0.2) is 9.97 Å². The summed E-state index contributed by atoms with van der Waals surface area (Å²) in [5.74, 6) is 2.20. The molecule has 0 aliphatic heterocycles. The van der Waals surface area contributed by atoms with E-state index in [1.54, 1.807) is 0 Å². The molecule has 0 fully saturated rings. The molecule has 0 aliphatic rings. The van der Waals surface area contributed by atoms with Crippen molar-refractivity contribution in [2.24, 2.45) is 5.92 Å². The van der Waals surface area contributed by atoms with Crippen molar-refractivity contribution in [2.45, 2.75) is 91.4 Å². The lowest BCUT2D eigenvalue weighted by atomic mass is 10.1. The third kappa shape index (κ3) is 8.97. The van der Waals surface area contributed by atoms with E-state index in [-0.39, 0.29) is 0 Å². The predicted octanol–water partition coefficient (Wildman–Crippen LogP) is 7.64. The minimum Gasteiger partial charge on any atom is -0.493 e. The summed E-state index contributed by atoms with van der Waals surface area (Å²) in [5, 5.41) is 0. The molecule has 2 aromatic rings. The monoisotopic (exact) mass is 396 g/mol. The molecule has 0 saturated carbocycles. The first kappa shape index (κ1) is 23.4. The Bertz CT molecular complexity index is 686. The summed E-state index contributed by atoms with van der Waals surface area (Å²) in [4.78, 5) is 9.35. The van der Waals surface area contributed by atoms with E-state index < -0.39 is 0 Å². The summed E-state index contributed by atoms with van der Waals surface area (Å²) in [5.41, 5.74) is 2.12. The zero-order valence-electron chi connectivity index (χ0n) is 18.8. The van der Waals surface area contributed by atoms with Crippen LogP contribution in [0.1, 0.15) is 90.7 Å². The summed E-state index contributed by atoms with van der Waals surface area (Å²) < 4.78 is 6.06. The first-order valence-electron chi connectivity index (χ1n) is 11.8. The number of para-hydroxylation sites is 1. The Morgan fingerprint density at radius 1 is 0.862 bits per heavy atom. The van der Waals surface area contributed by atoms with Crippen LogP contribution in [-0.2, 0) is 6.42 Å². The molecule has 3 heteroatoms. The van der Waals surface area contributed by atoms with Crippen molar-refractivity contribution >= 4 is 0 Å². The zero-order valence-corrected chi connectivity index (χ0v) is 18.8. The quantitative estimate of drug-likeness (QED) is 0.290. The molecule has 1 heterocycles. The standard InChI is InChI=1S/C26H40N2O/c1-4-6-7-8-9-10-11-12-13-16-23-19-20-27-26(28-23)24-17-14-15-18-25(24)29-21-22(3)5-2/h14-15,17-20,22H,4-13,16,21H2,1-3H3. The molecule has 29 heavy (non-hydrogen) atoms. The Balaban J connectivity index is 1.82. The van der Waals surface area contributed by atoms with Gasteiger partial charge in [-0.2, -0.15) is 0 Å². The van der Waals surface area contributed by atoms with Gasteiger partial charge in [-0.15, -0.1) is 0 Å². The van der Waals surface area contributed by atoms with E-state index in [0.29, 0.717) is 5.92 Å². The molecule has 0 amide bonds. The highest BCUT2D eigenvalue weighted by Gasteiger charge is 2.10. The van der Waals surface area contributed by atoms with Crippen molar-refractivity contribution in [2.75, 3.05) is 6.61 Å². The summed E-state index contributed by atoms with van der Waals surface area (Å²) in [7, 11) is 0. The van der Waals surface area contributed by atoms with Crippen LogP contribution < -0.4 is 4.74 Å². The minimum absolute atomic E-state index is 0.543. The fraction of sp³-hybridized carbons (Fsp3) is 0.615. The van der Waals surface area contributed by atoms with Gasteiger partial charge in [-0.05, 0) is 37.0 Å². The molecule has 1 atom stereocenters. The number of aromatic nitrogens is 2. The summed E-state index contributed by atoms with van der Waals surface area (Å²) in [6.45, 7) is 7.41. The van der Waals surface area contributed by atoms with E-state index in [0.717, 1.165) is 42.3 Å². The van der Waals surface area contributed by atoms with Gasteiger partial charge in [0.15, 0.2) is 5.82 Å². The number of ether oxygens (including phenoxy) is 1. The lowest BCUT2D eigenvalue weighted by Crippen LogP contribution is -2.08. The van der Waals surface area contributed by atoms with E-state index in [4.69, 9.17) is 9.72 Å². The van der Waals surface area contributed by atoms with Crippen molar-refractivity contribution in [3.63, 3.8) is 0 Å². The number of hydrogen-bond acceptors (Lipinski definition) is 3. The largest absolute Gasteiger partial charge is 0.493 e. The molecule has 0 N–H and O–H groups in total. The van der Waals surface area contributed by atoms with E-state index >= 15 is 0 Å². The lowest BCUT2D eigenvalue weighted by Gasteiger charge is -2.14. The Labute approximate surface area is 178 Å². The van der Waals surface area contributed by atoms with Crippen LogP contribution in [0.2, 0.25) is 0 Å². The third-order valence-electron chi connectivity index (χ3n) is 5.60. The van der Waals surface area contributed by atoms with Crippen molar-refractivity contribution in [1.29, 1.82) is 0 Å². The summed E-state index contributed by atoms with van der Waals surface area (Å²) in [6, 6.07) is 10.2. The molecule has 0 bridgehead atoms. The molecule has 0 radical (unpaired) electrons. The molecular weight excluding hydrogens is 356 g/mol. The van der Waals surface area contributed by atoms with Crippen LogP contribution in [-0.4, -0.2) is 16.6 Å². The van der Waals surface area contributed by atoms with E-state index in [1.165, 1.54) is 57.8 Å². The molecule has 0 saturated heterocycles. The minimum atomic E-state index is 0.543. The maximum atomic E-state index is 6.06. The SMILES string of the molecule is CCCCCCCCCCCc1ccnc(-c2ccccc2OCC(C)CC)n1. The van der Waals surface area contributed by atoms with Crippen LogP contribution >= 0.6 is 0 Å². The number of benzene rings is 1. The first-order valence-corrected chi connectivity index (χ1v) is 11.8. The normalized spacial score (nSPS) is 12.1. The molecule has 160 valence electrons. The van der Waals surface area contributed by atoms with Crippen LogP contribution in [0, 0.1) is 5.92 Å². The zero-order chi connectivity index (χ0) is 20.7. The van der Waals surface area contributed by atoms with E-state index in [9.17, 15) is 0 Å². The number of unbranched alkanes of at least 4 members (excludes halogenated alkanes) is 8. The smallest absolute Gasteiger partial charge is 0.163 e. The van der Waals surface area contributed by atoms with Crippen LogP contribution in [0.5, 0.6) is 5.75 Å². The Kier molecular flexibility index (Phi) is 11.4. The second-order valence-electron chi connectivity index (χ2n) is 8.27. The molecule has 1 aromatic heterocycles. The molecule has 1 aromatic carbocycles. The van der Waals surface area contributed by atoms with E-state index in [2.05, 4.69) is 37.9 Å². The van der Waals surface area contributed by atoms with Gasteiger partial charge >= 0.3 is 0 Å². The maximum Gasteiger partial charge on any atom is 0.163 e. The molecule has 2 rings (SSSR count). The Hall–Kier alpha value is -1.90. The van der Waals surface area contributed by atoms with Crippen LogP contribution in [0.3, 0.4) is 0 Å². The number of aryl methyl sites for hydroxylation is 1. The highest BCUT2D eigenvalue weighted by molar-refractivity contribution is 5.63. The molecular formula is C26H40N2O. The molecule has 3 nitrogen and oxygen atoms in total. The van der Waals surface area contributed by atoms with Gasteiger partial charge in [0.2, 0.25) is 0 Å². The topological polar surface area (TPSA) is 35.0 Å². The van der Waals surface area contributed by atoms with Crippen molar-refractivity contribution < 1.29 is 4.74 Å². The van der Waals surface area contributed by atoms with Crippen LogP contribution in [0.25, 0.3) is 11.4 Å². The van der Waals surface area contributed by atoms with Crippen LogP contribution in [0.15, 0.2) is 36.5 Å². The number of nitrogens with zero attached hydrogens (tertiary/aromatic N) is 2. The Morgan fingerprint density at radius 3 is 2.28 bits per heavy atom. The van der Waals surface area contributed by atoms with Gasteiger partial charge in [-0.1, -0.05) is 90.7 Å². The first-order chi connectivity index (χ1) is 14.2. The number of hydrogen-bond donors (Lipinski definition) is 0.